The van der Waals surface area contributed by atoms with Crippen LogP contribution in [-0.4, -0.2) is 27.0 Å². The van der Waals surface area contributed by atoms with Crippen LogP contribution >= 0.6 is 15.9 Å². The number of anilines is 1. The van der Waals surface area contributed by atoms with Crippen LogP contribution in [0, 0.1) is 5.82 Å². The van der Waals surface area contributed by atoms with Crippen molar-refractivity contribution in [1.82, 2.24) is 4.72 Å². The van der Waals surface area contributed by atoms with Crippen LogP contribution in [0.3, 0.4) is 0 Å². The standard InChI is InChI=1S/C18H20BrFN2O4S/c1-18(2,3)22-27(24,25)16-9-11(5-8-15(16)26-4)17(23)21-14-7-6-12(19)10-13(14)20/h5-10,22H,1-4H3,(H,21,23). The van der Waals surface area contributed by atoms with Gasteiger partial charge in [0.2, 0.25) is 10.0 Å². The van der Waals surface area contributed by atoms with Crippen molar-refractivity contribution in [2.45, 2.75) is 31.2 Å². The molecule has 0 aliphatic heterocycles. The summed E-state index contributed by atoms with van der Waals surface area (Å²) in [4.78, 5) is 12.3. The Morgan fingerprint density at radius 2 is 1.81 bits per heavy atom. The normalized spacial score (nSPS) is 11.9. The van der Waals surface area contributed by atoms with Gasteiger partial charge in [-0.3, -0.25) is 4.79 Å². The summed E-state index contributed by atoms with van der Waals surface area (Å²) in [5, 5.41) is 2.43. The van der Waals surface area contributed by atoms with Crippen LogP contribution < -0.4 is 14.8 Å². The smallest absolute Gasteiger partial charge is 0.255 e. The average molecular weight is 459 g/mol. The highest BCUT2D eigenvalue weighted by Crippen LogP contribution is 2.27. The van der Waals surface area contributed by atoms with Crippen LogP contribution in [0.15, 0.2) is 45.8 Å². The molecule has 2 rings (SSSR count). The molecular weight excluding hydrogens is 439 g/mol. The largest absolute Gasteiger partial charge is 0.495 e. The fourth-order valence-corrected chi connectivity index (χ4v) is 4.22. The van der Waals surface area contributed by atoms with Gasteiger partial charge in [0.25, 0.3) is 5.91 Å². The molecule has 0 bridgehead atoms. The maximum Gasteiger partial charge on any atom is 0.255 e. The topological polar surface area (TPSA) is 84.5 Å². The van der Waals surface area contributed by atoms with Gasteiger partial charge >= 0.3 is 0 Å². The molecule has 2 aromatic rings. The summed E-state index contributed by atoms with van der Waals surface area (Å²) in [6.45, 7) is 5.09. The zero-order valence-corrected chi connectivity index (χ0v) is 17.7. The van der Waals surface area contributed by atoms with Crippen molar-refractivity contribution in [1.29, 1.82) is 0 Å². The first-order valence-corrected chi connectivity index (χ1v) is 10.2. The van der Waals surface area contributed by atoms with Crippen LogP contribution in [0.1, 0.15) is 31.1 Å². The summed E-state index contributed by atoms with van der Waals surface area (Å²) in [5.41, 5.74) is -0.688. The lowest BCUT2D eigenvalue weighted by molar-refractivity contribution is 0.102. The Bertz CT molecular complexity index is 972. The number of nitrogens with one attached hydrogen (secondary N) is 2. The van der Waals surface area contributed by atoms with Crippen LogP contribution in [0.4, 0.5) is 10.1 Å². The van der Waals surface area contributed by atoms with Gasteiger partial charge in [-0.2, -0.15) is 0 Å². The van der Waals surface area contributed by atoms with Gasteiger partial charge in [0.15, 0.2) is 0 Å². The molecule has 0 fully saturated rings. The number of carbonyl (C=O) groups excluding carboxylic acids is 1. The molecule has 6 nitrogen and oxygen atoms in total. The first-order chi connectivity index (χ1) is 12.4. The van der Waals surface area contributed by atoms with Crippen molar-refractivity contribution in [3.05, 3.63) is 52.3 Å². The van der Waals surface area contributed by atoms with Crippen LogP contribution in [0.5, 0.6) is 5.75 Å². The number of rotatable bonds is 5. The Kier molecular flexibility index (Phi) is 6.28. The van der Waals surface area contributed by atoms with Crippen molar-refractivity contribution in [3.8, 4) is 5.75 Å². The predicted octanol–water partition coefficient (Wildman–Crippen LogP) is 3.93. The summed E-state index contributed by atoms with van der Waals surface area (Å²) in [6.07, 6.45) is 0. The van der Waals surface area contributed by atoms with E-state index in [1.165, 1.54) is 37.4 Å². The highest BCUT2D eigenvalue weighted by molar-refractivity contribution is 9.10. The molecule has 0 saturated heterocycles. The summed E-state index contributed by atoms with van der Waals surface area (Å²) in [6, 6.07) is 8.17. The highest BCUT2D eigenvalue weighted by Gasteiger charge is 2.26. The first kappa shape index (κ1) is 21.3. The van der Waals surface area contributed by atoms with Gasteiger partial charge in [-0.1, -0.05) is 15.9 Å². The van der Waals surface area contributed by atoms with Gasteiger partial charge < -0.3 is 10.1 Å². The van der Waals surface area contributed by atoms with E-state index in [0.29, 0.717) is 4.47 Å². The van der Waals surface area contributed by atoms with Crippen LogP contribution in [0.25, 0.3) is 0 Å². The maximum absolute atomic E-state index is 13.9. The van der Waals surface area contributed by atoms with E-state index in [-0.39, 0.29) is 21.9 Å². The van der Waals surface area contributed by atoms with Gasteiger partial charge in [0.1, 0.15) is 16.5 Å². The number of hydrogen-bond donors (Lipinski definition) is 2. The van der Waals surface area contributed by atoms with E-state index in [0.717, 1.165) is 0 Å². The fraction of sp³-hybridized carbons (Fsp3) is 0.278. The minimum atomic E-state index is -3.94. The molecule has 0 heterocycles. The quantitative estimate of drug-likeness (QED) is 0.710. The Morgan fingerprint density at radius 1 is 1.15 bits per heavy atom. The number of sulfonamides is 1. The van der Waals surface area contributed by atoms with Crippen molar-refractivity contribution in [2.75, 3.05) is 12.4 Å². The molecule has 2 N–H and O–H groups in total. The van der Waals surface area contributed by atoms with Gasteiger partial charge in [0.05, 0.1) is 12.8 Å². The summed E-state index contributed by atoms with van der Waals surface area (Å²) >= 11 is 3.14. The zero-order chi connectivity index (χ0) is 20.4. The number of methoxy groups -OCH3 is 1. The summed E-state index contributed by atoms with van der Waals surface area (Å²) in [5.74, 6) is -1.17. The average Bonchev–Trinajstić information content (AvgIpc) is 2.54. The SMILES string of the molecule is COc1ccc(C(=O)Nc2ccc(Br)cc2F)cc1S(=O)(=O)NC(C)(C)C. The lowest BCUT2D eigenvalue weighted by Crippen LogP contribution is -2.40. The molecule has 146 valence electrons. The van der Waals surface area contributed by atoms with Gasteiger partial charge in [0, 0.05) is 15.6 Å². The molecule has 0 atom stereocenters. The monoisotopic (exact) mass is 458 g/mol. The second-order valence-electron chi connectivity index (χ2n) is 6.80. The molecule has 0 spiro atoms. The fourth-order valence-electron chi connectivity index (χ4n) is 2.27. The van der Waals surface area contributed by atoms with Crippen LogP contribution in [0.2, 0.25) is 0 Å². The van der Waals surface area contributed by atoms with E-state index in [2.05, 4.69) is 26.0 Å². The number of carbonyl (C=O) groups is 1. The third kappa shape index (κ3) is 5.50. The molecule has 0 saturated carbocycles. The molecule has 0 unspecified atom stereocenters. The Hall–Kier alpha value is -1.97. The summed E-state index contributed by atoms with van der Waals surface area (Å²) in [7, 11) is -2.60. The molecule has 0 aliphatic rings. The van der Waals surface area contributed by atoms with Gasteiger partial charge in [-0.05, 0) is 57.2 Å². The van der Waals surface area contributed by atoms with Crippen molar-refractivity contribution in [2.24, 2.45) is 0 Å². The van der Waals surface area contributed by atoms with E-state index >= 15 is 0 Å². The van der Waals surface area contributed by atoms with Crippen LogP contribution in [-0.2, 0) is 10.0 Å². The van der Waals surface area contributed by atoms with Gasteiger partial charge in [-0.25, -0.2) is 17.5 Å². The third-order valence-corrected chi connectivity index (χ3v) is 5.61. The molecule has 0 radical (unpaired) electrons. The van der Waals surface area contributed by atoms with E-state index in [4.69, 9.17) is 4.74 Å². The van der Waals surface area contributed by atoms with E-state index in [1.807, 2.05) is 0 Å². The predicted molar refractivity (Wildman–Crippen MR) is 105 cm³/mol. The van der Waals surface area contributed by atoms with Crippen molar-refractivity contribution >= 4 is 37.5 Å². The molecule has 1 amide bonds. The molecular formula is C18H20BrFN2O4S. The summed E-state index contributed by atoms with van der Waals surface area (Å²) < 4.78 is 47.4. The Labute approximate surface area is 166 Å². The first-order valence-electron chi connectivity index (χ1n) is 7.91. The van der Waals surface area contributed by atoms with E-state index in [1.54, 1.807) is 26.8 Å². The van der Waals surface area contributed by atoms with Crippen molar-refractivity contribution < 1.29 is 22.3 Å². The van der Waals surface area contributed by atoms with E-state index < -0.39 is 27.3 Å². The zero-order valence-electron chi connectivity index (χ0n) is 15.3. The van der Waals surface area contributed by atoms with Gasteiger partial charge in [-0.15, -0.1) is 0 Å². The second-order valence-corrected chi connectivity index (χ2v) is 9.37. The van der Waals surface area contributed by atoms with E-state index in [9.17, 15) is 17.6 Å². The molecule has 0 aromatic heterocycles. The number of hydrogen-bond acceptors (Lipinski definition) is 4. The minimum absolute atomic E-state index is 0.0174. The minimum Gasteiger partial charge on any atom is -0.495 e. The lowest BCUT2D eigenvalue weighted by atomic mass is 10.1. The molecule has 27 heavy (non-hydrogen) atoms. The number of halogens is 2. The number of amides is 1. The second kappa shape index (κ2) is 7.95. The third-order valence-electron chi connectivity index (χ3n) is 3.34. The highest BCUT2D eigenvalue weighted by atomic mass is 79.9. The number of ether oxygens (including phenoxy) is 1. The Morgan fingerprint density at radius 3 is 2.37 bits per heavy atom. The number of benzene rings is 2. The molecule has 9 heteroatoms. The maximum atomic E-state index is 13.9. The molecule has 0 aliphatic carbocycles. The Balaban J connectivity index is 2.40. The lowest BCUT2D eigenvalue weighted by Gasteiger charge is -2.21. The molecule has 2 aromatic carbocycles. The van der Waals surface area contributed by atoms with Crippen molar-refractivity contribution in [3.63, 3.8) is 0 Å².